The maximum absolute atomic E-state index is 12.3. The minimum absolute atomic E-state index is 0.0701. The minimum atomic E-state index is -3.31. The van der Waals surface area contributed by atoms with Crippen molar-refractivity contribution < 1.29 is 13.2 Å². The quantitative estimate of drug-likeness (QED) is 0.726. The van der Waals surface area contributed by atoms with E-state index in [9.17, 15) is 8.42 Å². The Balaban J connectivity index is 2.06. The number of hydrogen-bond acceptors (Lipinski definition) is 4. The molecule has 2 saturated heterocycles. The molecule has 2 aliphatic rings. The summed E-state index contributed by atoms with van der Waals surface area (Å²) >= 11 is 0. The van der Waals surface area contributed by atoms with Gasteiger partial charge in [-0.3, -0.25) is 0 Å². The molecule has 7 heteroatoms. The van der Waals surface area contributed by atoms with E-state index in [0.29, 0.717) is 45.9 Å². The summed E-state index contributed by atoms with van der Waals surface area (Å²) in [5.74, 6) is 0. The van der Waals surface area contributed by atoms with Gasteiger partial charge in [0.2, 0.25) is 0 Å². The first-order valence-electron chi connectivity index (χ1n) is 6.01. The second kappa shape index (κ2) is 4.81. The zero-order valence-corrected chi connectivity index (χ0v) is 11.1. The van der Waals surface area contributed by atoms with E-state index in [-0.39, 0.29) is 5.41 Å². The van der Waals surface area contributed by atoms with E-state index in [0.717, 1.165) is 6.42 Å². The largest absolute Gasteiger partial charge is 0.379 e. The van der Waals surface area contributed by atoms with Crippen LogP contribution in [0.1, 0.15) is 13.3 Å². The highest BCUT2D eigenvalue weighted by Gasteiger charge is 2.41. The van der Waals surface area contributed by atoms with Crippen LogP contribution in [0.25, 0.3) is 0 Å². The summed E-state index contributed by atoms with van der Waals surface area (Å²) in [6, 6.07) is 0. The average Bonchev–Trinajstić information content (AvgIpc) is 2.75. The third-order valence-electron chi connectivity index (χ3n) is 3.64. The van der Waals surface area contributed by atoms with Crippen LogP contribution in [-0.2, 0) is 14.9 Å². The van der Waals surface area contributed by atoms with E-state index in [2.05, 4.69) is 0 Å². The zero-order valence-electron chi connectivity index (χ0n) is 10.3. The van der Waals surface area contributed by atoms with Crippen molar-refractivity contribution in [3.8, 4) is 0 Å². The normalized spacial score (nSPS) is 33.1. The summed E-state index contributed by atoms with van der Waals surface area (Å²) in [6.45, 7) is 5.57. The van der Waals surface area contributed by atoms with Gasteiger partial charge in [-0.25, -0.2) is 0 Å². The fourth-order valence-corrected chi connectivity index (χ4v) is 4.02. The molecule has 2 fully saturated rings. The lowest BCUT2D eigenvalue weighted by molar-refractivity contribution is 0.0704. The molecule has 0 radical (unpaired) electrons. The standard InChI is InChI=1S/C10H21N3O3S/c1-10(8-11)2-3-13(9-10)17(14,15)12-4-6-16-7-5-12/h2-9,11H2,1H3. The number of rotatable bonds is 3. The molecular weight excluding hydrogens is 242 g/mol. The van der Waals surface area contributed by atoms with Gasteiger partial charge in [-0.05, 0) is 18.4 Å². The van der Waals surface area contributed by atoms with Gasteiger partial charge < -0.3 is 10.5 Å². The lowest BCUT2D eigenvalue weighted by Gasteiger charge is -2.31. The second-order valence-electron chi connectivity index (χ2n) is 5.12. The highest BCUT2D eigenvalue weighted by Crippen LogP contribution is 2.31. The Hall–Kier alpha value is -0.210. The van der Waals surface area contributed by atoms with Gasteiger partial charge in [0.25, 0.3) is 10.2 Å². The van der Waals surface area contributed by atoms with Crippen LogP contribution in [0.15, 0.2) is 0 Å². The molecule has 100 valence electrons. The highest BCUT2D eigenvalue weighted by molar-refractivity contribution is 7.86. The van der Waals surface area contributed by atoms with Gasteiger partial charge in [-0.15, -0.1) is 0 Å². The van der Waals surface area contributed by atoms with Crippen LogP contribution in [-0.4, -0.2) is 63.0 Å². The molecule has 2 N–H and O–H groups in total. The molecule has 1 atom stereocenters. The monoisotopic (exact) mass is 263 g/mol. The van der Waals surface area contributed by atoms with Crippen LogP contribution in [0.2, 0.25) is 0 Å². The number of nitrogens with zero attached hydrogens (tertiary/aromatic N) is 2. The van der Waals surface area contributed by atoms with Crippen LogP contribution < -0.4 is 5.73 Å². The fourth-order valence-electron chi connectivity index (χ4n) is 2.28. The molecule has 2 heterocycles. The molecule has 0 amide bonds. The maximum Gasteiger partial charge on any atom is 0.282 e. The first-order chi connectivity index (χ1) is 7.98. The van der Waals surface area contributed by atoms with Crippen molar-refractivity contribution in [1.29, 1.82) is 0 Å². The molecule has 0 aromatic carbocycles. The summed E-state index contributed by atoms with van der Waals surface area (Å²) in [7, 11) is -3.31. The number of nitrogens with two attached hydrogens (primary N) is 1. The van der Waals surface area contributed by atoms with Gasteiger partial charge in [0, 0.05) is 26.2 Å². The first kappa shape index (κ1) is 13.2. The topological polar surface area (TPSA) is 75.9 Å². The first-order valence-corrected chi connectivity index (χ1v) is 7.41. The third-order valence-corrected chi connectivity index (χ3v) is 5.62. The zero-order chi connectivity index (χ0) is 12.5. The molecule has 2 rings (SSSR count). The van der Waals surface area contributed by atoms with E-state index < -0.39 is 10.2 Å². The Labute approximate surface area is 103 Å². The Bertz CT molecular complexity index is 367. The van der Waals surface area contributed by atoms with Gasteiger partial charge in [0.1, 0.15) is 0 Å². The van der Waals surface area contributed by atoms with E-state index in [1.54, 1.807) is 4.31 Å². The lowest BCUT2D eigenvalue weighted by Crippen LogP contribution is -2.48. The van der Waals surface area contributed by atoms with Crippen molar-refractivity contribution in [3.63, 3.8) is 0 Å². The van der Waals surface area contributed by atoms with E-state index in [1.165, 1.54) is 4.31 Å². The van der Waals surface area contributed by atoms with Crippen molar-refractivity contribution in [2.75, 3.05) is 45.9 Å². The van der Waals surface area contributed by atoms with E-state index in [1.807, 2.05) is 6.92 Å². The summed E-state index contributed by atoms with van der Waals surface area (Å²) in [5.41, 5.74) is 5.63. The number of hydrogen-bond donors (Lipinski definition) is 1. The highest BCUT2D eigenvalue weighted by atomic mass is 32.2. The molecule has 1 unspecified atom stereocenters. The van der Waals surface area contributed by atoms with Crippen molar-refractivity contribution in [2.45, 2.75) is 13.3 Å². The molecule has 0 aromatic heterocycles. The predicted molar refractivity (Wildman–Crippen MR) is 64.7 cm³/mol. The molecule has 17 heavy (non-hydrogen) atoms. The Morgan fingerprint density at radius 1 is 1.24 bits per heavy atom. The number of morpholine rings is 1. The van der Waals surface area contributed by atoms with Gasteiger partial charge in [0.15, 0.2) is 0 Å². The van der Waals surface area contributed by atoms with Crippen LogP contribution >= 0.6 is 0 Å². The average molecular weight is 263 g/mol. The third kappa shape index (κ3) is 2.63. The number of ether oxygens (including phenoxy) is 1. The van der Waals surface area contributed by atoms with Crippen LogP contribution in [0, 0.1) is 5.41 Å². The van der Waals surface area contributed by atoms with Crippen molar-refractivity contribution in [1.82, 2.24) is 8.61 Å². The molecule has 0 saturated carbocycles. The van der Waals surface area contributed by atoms with Gasteiger partial charge in [-0.2, -0.15) is 17.0 Å². The summed E-state index contributed by atoms with van der Waals surface area (Å²) in [6.07, 6.45) is 0.840. The van der Waals surface area contributed by atoms with Crippen LogP contribution in [0.4, 0.5) is 0 Å². The molecule has 0 bridgehead atoms. The van der Waals surface area contributed by atoms with E-state index in [4.69, 9.17) is 10.5 Å². The van der Waals surface area contributed by atoms with Gasteiger partial charge in [0.05, 0.1) is 13.2 Å². The lowest BCUT2D eigenvalue weighted by atomic mass is 9.90. The van der Waals surface area contributed by atoms with Crippen LogP contribution in [0.3, 0.4) is 0 Å². The molecule has 0 spiro atoms. The molecule has 6 nitrogen and oxygen atoms in total. The summed E-state index contributed by atoms with van der Waals surface area (Å²) in [4.78, 5) is 0. The van der Waals surface area contributed by atoms with Gasteiger partial charge in [-0.1, -0.05) is 6.92 Å². The molecular formula is C10H21N3O3S. The van der Waals surface area contributed by atoms with Crippen molar-refractivity contribution in [2.24, 2.45) is 11.1 Å². The van der Waals surface area contributed by atoms with Crippen molar-refractivity contribution in [3.05, 3.63) is 0 Å². The Kier molecular flexibility index (Phi) is 3.74. The Morgan fingerprint density at radius 2 is 1.88 bits per heavy atom. The maximum atomic E-state index is 12.3. The summed E-state index contributed by atoms with van der Waals surface area (Å²) < 4.78 is 32.9. The second-order valence-corrected chi connectivity index (χ2v) is 7.05. The van der Waals surface area contributed by atoms with Gasteiger partial charge >= 0.3 is 0 Å². The van der Waals surface area contributed by atoms with Crippen LogP contribution in [0.5, 0.6) is 0 Å². The molecule has 2 aliphatic heterocycles. The van der Waals surface area contributed by atoms with E-state index >= 15 is 0 Å². The predicted octanol–water partition coefficient (Wildman–Crippen LogP) is -0.766. The SMILES string of the molecule is CC1(CN)CCN(S(=O)(=O)N2CCOCC2)C1. The molecule has 0 aliphatic carbocycles. The fraction of sp³-hybridized carbons (Fsp3) is 1.00. The van der Waals surface area contributed by atoms with Crippen molar-refractivity contribution >= 4 is 10.2 Å². The smallest absolute Gasteiger partial charge is 0.282 e. The Morgan fingerprint density at radius 3 is 2.41 bits per heavy atom. The summed E-state index contributed by atoms with van der Waals surface area (Å²) in [5, 5.41) is 0. The molecule has 0 aromatic rings. The minimum Gasteiger partial charge on any atom is -0.379 e.